The maximum Gasteiger partial charge on any atom is 0.248 e. The van der Waals surface area contributed by atoms with Gasteiger partial charge in [-0.3, -0.25) is 9.59 Å². The zero-order valence-electron chi connectivity index (χ0n) is 18.8. The number of carbonyl (C=O) groups is 2. The van der Waals surface area contributed by atoms with E-state index in [2.05, 4.69) is 20.8 Å². The van der Waals surface area contributed by atoms with Crippen molar-refractivity contribution in [3.05, 3.63) is 96.3 Å². The van der Waals surface area contributed by atoms with Gasteiger partial charge < -0.3 is 15.2 Å². The number of rotatable bonds is 8. The Morgan fingerprint density at radius 2 is 1.66 bits per heavy atom. The van der Waals surface area contributed by atoms with Crippen molar-refractivity contribution in [3.8, 4) is 11.4 Å². The molecule has 1 heterocycles. The number of hydrogen-bond donors (Lipinski definition) is 2. The third kappa shape index (κ3) is 6.42. The Morgan fingerprint density at radius 3 is 2.40 bits per heavy atom. The van der Waals surface area contributed by atoms with Crippen LogP contribution in [-0.4, -0.2) is 32.3 Å². The van der Waals surface area contributed by atoms with Crippen molar-refractivity contribution >= 4 is 41.0 Å². The molecule has 9 heteroatoms. The van der Waals surface area contributed by atoms with Crippen LogP contribution >= 0.6 is 11.8 Å². The molecule has 2 amide bonds. The van der Waals surface area contributed by atoms with E-state index in [1.165, 1.54) is 30.0 Å². The highest BCUT2D eigenvalue weighted by Gasteiger charge is 2.14. The monoisotopic (exact) mass is 487 g/mol. The number of thioether (sulfide) groups is 1. The summed E-state index contributed by atoms with van der Waals surface area (Å²) in [4.78, 5) is 24.4. The van der Waals surface area contributed by atoms with E-state index in [1.807, 2.05) is 42.5 Å². The molecule has 3 aromatic carbocycles. The first-order valence-electron chi connectivity index (χ1n) is 10.7. The second kappa shape index (κ2) is 11.3. The minimum absolute atomic E-state index is 0.0573. The molecule has 4 aromatic rings. The van der Waals surface area contributed by atoms with E-state index in [1.54, 1.807) is 42.0 Å². The Labute approximate surface area is 206 Å². The minimum atomic E-state index is -0.487. The van der Waals surface area contributed by atoms with Crippen molar-refractivity contribution in [2.24, 2.45) is 7.05 Å². The molecular weight excluding hydrogens is 465 g/mol. The Balaban J connectivity index is 1.34. The summed E-state index contributed by atoms with van der Waals surface area (Å²) in [7, 11) is 1.80. The van der Waals surface area contributed by atoms with Gasteiger partial charge in [-0.25, -0.2) is 4.39 Å². The Kier molecular flexibility index (Phi) is 7.69. The van der Waals surface area contributed by atoms with E-state index in [-0.39, 0.29) is 23.3 Å². The molecule has 0 spiro atoms. The van der Waals surface area contributed by atoms with Crippen LogP contribution in [-0.2, 0) is 16.6 Å². The zero-order chi connectivity index (χ0) is 24.6. The molecule has 0 fully saturated rings. The summed E-state index contributed by atoms with van der Waals surface area (Å²) in [5.74, 6) is -0.386. The minimum Gasteiger partial charge on any atom is -0.323 e. The molecule has 0 aliphatic rings. The van der Waals surface area contributed by atoms with Gasteiger partial charge in [0.15, 0.2) is 11.0 Å². The Morgan fingerprint density at radius 1 is 0.943 bits per heavy atom. The van der Waals surface area contributed by atoms with Crippen LogP contribution in [0.4, 0.5) is 15.8 Å². The van der Waals surface area contributed by atoms with Crippen LogP contribution in [0.5, 0.6) is 0 Å². The van der Waals surface area contributed by atoms with E-state index < -0.39 is 5.82 Å². The average Bonchev–Trinajstić information content (AvgIpc) is 3.24. The summed E-state index contributed by atoms with van der Waals surface area (Å²) in [5, 5.41) is 14.3. The first-order chi connectivity index (χ1) is 17.0. The van der Waals surface area contributed by atoms with Gasteiger partial charge in [0.25, 0.3) is 0 Å². The summed E-state index contributed by atoms with van der Waals surface area (Å²) < 4.78 is 15.5. The Hall–Kier alpha value is -4.24. The lowest BCUT2D eigenvalue weighted by atomic mass is 10.2. The lowest BCUT2D eigenvalue weighted by molar-refractivity contribution is -0.114. The standard InChI is InChI=1S/C26H22FN5O2S/c1-32-25(30-31-26(32)35-17-24(34)29-22-10-6-5-9-21(22)27)19-12-14-20(15-13-19)28-23(33)16-11-18-7-3-2-4-8-18/h2-16H,17H2,1H3,(H,28,33)(H,29,34). The molecule has 176 valence electrons. The van der Waals surface area contributed by atoms with Crippen molar-refractivity contribution in [1.29, 1.82) is 0 Å². The molecule has 0 saturated carbocycles. The van der Waals surface area contributed by atoms with Gasteiger partial charge in [-0.2, -0.15) is 0 Å². The highest BCUT2D eigenvalue weighted by molar-refractivity contribution is 7.99. The fourth-order valence-corrected chi connectivity index (χ4v) is 3.90. The van der Waals surface area contributed by atoms with Crippen LogP contribution in [0, 0.1) is 5.82 Å². The van der Waals surface area contributed by atoms with Gasteiger partial charge in [0.2, 0.25) is 11.8 Å². The largest absolute Gasteiger partial charge is 0.323 e. The predicted molar refractivity (Wildman–Crippen MR) is 136 cm³/mol. The number of benzene rings is 3. The third-order valence-electron chi connectivity index (χ3n) is 4.95. The van der Waals surface area contributed by atoms with Gasteiger partial charge in [0, 0.05) is 24.4 Å². The van der Waals surface area contributed by atoms with Crippen LogP contribution in [0.25, 0.3) is 17.5 Å². The average molecular weight is 488 g/mol. The fraction of sp³-hybridized carbons (Fsp3) is 0.0769. The molecule has 0 saturated heterocycles. The topological polar surface area (TPSA) is 88.9 Å². The number of para-hydroxylation sites is 1. The van der Waals surface area contributed by atoms with Crippen LogP contribution in [0.1, 0.15) is 5.56 Å². The molecule has 0 radical (unpaired) electrons. The molecular formula is C26H22FN5O2S. The SMILES string of the molecule is Cn1c(SCC(=O)Nc2ccccc2F)nnc1-c1ccc(NC(=O)C=Cc2ccccc2)cc1. The molecule has 2 N–H and O–H groups in total. The van der Waals surface area contributed by atoms with Crippen molar-refractivity contribution < 1.29 is 14.0 Å². The van der Waals surface area contributed by atoms with Gasteiger partial charge in [-0.05, 0) is 48.0 Å². The number of halogens is 1. The molecule has 7 nitrogen and oxygen atoms in total. The number of anilines is 2. The molecule has 1 aromatic heterocycles. The third-order valence-corrected chi connectivity index (χ3v) is 5.97. The van der Waals surface area contributed by atoms with E-state index >= 15 is 0 Å². The van der Waals surface area contributed by atoms with Crippen LogP contribution < -0.4 is 10.6 Å². The summed E-state index contributed by atoms with van der Waals surface area (Å²) >= 11 is 1.20. The summed E-state index contributed by atoms with van der Waals surface area (Å²) in [5.41, 5.74) is 2.54. The van der Waals surface area contributed by atoms with Crippen LogP contribution in [0.2, 0.25) is 0 Å². The second-order valence-corrected chi connectivity index (χ2v) is 8.44. The zero-order valence-corrected chi connectivity index (χ0v) is 19.6. The van der Waals surface area contributed by atoms with Crippen molar-refractivity contribution in [1.82, 2.24) is 14.8 Å². The fourth-order valence-electron chi connectivity index (χ4n) is 3.19. The number of aromatic nitrogens is 3. The van der Waals surface area contributed by atoms with Gasteiger partial charge in [-0.1, -0.05) is 54.2 Å². The van der Waals surface area contributed by atoms with E-state index in [9.17, 15) is 14.0 Å². The highest BCUT2D eigenvalue weighted by atomic mass is 32.2. The van der Waals surface area contributed by atoms with Crippen molar-refractivity contribution in [3.63, 3.8) is 0 Å². The molecule has 0 aliphatic heterocycles. The van der Waals surface area contributed by atoms with Crippen molar-refractivity contribution in [2.75, 3.05) is 16.4 Å². The first kappa shape index (κ1) is 23.9. The molecule has 0 unspecified atom stereocenters. The highest BCUT2D eigenvalue weighted by Crippen LogP contribution is 2.24. The smallest absolute Gasteiger partial charge is 0.248 e. The predicted octanol–water partition coefficient (Wildman–Crippen LogP) is 5.00. The first-order valence-corrected chi connectivity index (χ1v) is 11.7. The van der Waals surface area contributed by atoms with Crippen LogP contribution in [0.15, 0.2) is 90.1 Å². The molecule has 35 heavy (non-hydrogen) atoms. The van der Waals surface area contributed by atoms with Gasteiger partial charge >= 0.3 is 0 Å². The normalized spacial score (nSPS) is 10.9. The number of hydrogen-bond acceptors (Lipinski definition) is 5. The summed E-state index contributed by atoms with van der Waals surface area (Å²) in [6, 6.07) is 22.8. The number of carbonyl (C=O) groups excluding carboxylic acids is 2. The lowest BCUT2D eigenvalue weighted by Crippen LogP contribution is -2.15. The summed E-state index contributed by atoms with van der Waals surface area (Å²) in [6.07, 6.45) is 3.23. The lowest BCUT2D eigenvalue weighted by Gasteiger charge is -2.07. The molecule has 0 bridgehead atoms. The van der Waals surface area contributed by atoms with E-state index in [4.69, 9.17) is 0 Å². The quantitative estimate of drug-likeness (QED) is 0.270. The van der Waals surface area contributed by atoms with Gasteiger partial charge in [0.1, 0.15) is 5.82 Å². The number of nitrogens with zero attached hydrogens (tertiary/aromatic N) is 3. The van der Waals surface area contributed by atoms with Gasteiger partial charge in [0.05, 0.1) is 11.4 Å². The maximum absolute atomic E-state index is 13.7. The molecule has 0 aliphatic carbocycles. The molecule has 4 rings (SSSR count). The van der Waals surface area contributed by atoms with Crippen LogP contribution in [0.3, 0.4) is 0 Å². The van der Waals surface area contributed by atoms with Crippen molar-refractivity contribution in [2.45, 2.75) is 5.16 Å². The Bertz CT molecular complexity index is 1350. The van der Waals surface area contributed by atoms with E-state index in [0.717, 1.165) is 11.1 Å². The molecule has 0 atom stereocenters. The second-order valence-electron chi connectivity index (χ2n) is 7.49. The van der Waals surface area contributed by atoms with E-state index in [0.29, 0.717) is 16.7 Å². The van der Waals surface area contributed by atoms with Gasteiger partial charge in [-0.15, -0.1) is 10.2 Å². The maximum atomic E-state index is 13.7. The number of amides is 2. The number of nitrogens with one attached hydrogen (secondary N) is 2. The summed E-state index contributed by atoms with van der Waals surface area (Å²) in [6.45, 7) is 0.